The van der Waals surface area contributed by atoms with E-state index >= 15 is 0 Å². The molecule has 1 aromatic heterocycles. The molecule has 0 aliphatic heterocycles. The Morgan fingerprint density at radius 3 is 2.21 bits per heavy atom. The lowest BCUT2D eigenvalue weighted by molar-refractivity contribution is 0.634. The maximum atomic E-state index is 14.5. The predicted molar refractivity (Wildman–Crippen MR) is 94.1 cm³/mol. The van der Waals surface area contributed by atoms with Crippen molar-refractivity contribution >= 4 is 21.5 Å². The second-order valence-electron chi connectivity index (χ2n) is 6.15. The predicted octanol–water partition coefficient (Wildman–Crippen LogP) is 5.95. The minimum Gasteiger partial charge on any atom is -0.253 e. The van der Waals surface area contributed by atoms with Gasteiger partial charge in [-0.2, -0.15) is 0 Å². The van der Waals surface area contributed by atoms with Crippen LogP contribution in [0, 0.1) is 25.5 Å². The molecule has 0 aliphatic carbocycles. The van der Waals surface area contributed by atoms with Crippen molar-refractivity contribution in [2.45, 2.75) is 13.8 Å². The summed E-state index contributed by atoms with van der Waals surface area (Å²) < 4.78 is 28.6. The van der Waals surface area contributed by atoms with Crippen molar-refractivity contribution in [3.63, 3.8) is 0 Å². The largest absolute Gasteiger partial charge is 0.253 e. The Morgan fingerprint density at radius 1 is 0.750 bits per heavy atom. The first kappa shape index (κ1) is 14.8. The lowest BCUT2D eigenvalue weighted by Gasteiger charge is -2.11. The van der Waals surface area contributed by atoms with Crippen molar-refractivity contribution in [1.82, 2.24) is 4.98 Å². The molecule has 0 saturated carbocycles. The summed E-state index contributed by atoms with van der Waals surface area (Å²) in [4.78, 5) is 4.32. The fraction of sp³-hybridized carbons (Fsp3) is 0.0952. The number of halogens is 2. The summed E-state index contributed by atoms with van der Waals surface area (Å²) in [5, 5.41) is 2.09. The van der Waals surface area contributed by atoms with E-state index in [0.717, 1.165) is 16.7 Å². The molecule has 118 valence electrons. The molecular weight excluding hydrogens is 304 g/mol. The van der Waals surface area contributed by atoms with Gasteiger partial charge in [-0.25, -0.2) is 8.78 Å². The molecule has 0 N–H and O–H groups in total. The molecule has 0 bridgehead atoms. The number of rotatable bonds is 1. The van der Waals surface area contributed by atoms with Crippen LogP contribution >= 0.6 is 0 Å². The highest BCUT2D eigenvalue weighted by molar-refractivity contribution is 6.11. The highest BCUT2D eigenvalue weighted by atomic mass is 19.1. The summed E-state index contributed by atoms with van der Waals surface area (Å²) in [5.41, 5.74) is 3.89. The maximum absolute atomic E-state index is 14.5. The number of hydrogen-bond acceptors (Lipinski definition) is 1. The average Bonchev–Trinajstić information content (AvgIpc) is 2.54. The van der Waals surface area contributed by atoms with Gasteiger partial charge in [0.25, 0.3) is 0 Å². The molecule has 3 aromatic carbocycles. The monoisotopic (exact) mass is 319 g/mol. The average molecular weight is 319 g/mol. The van der Waals surface area contributed by atoms with Crippen LogP contribution < -0.4 is 0 Å². The van der Waals surface area contributed by atoms with E-state index in [2.05, 4.69) is 11.1 Å². The first-order valence-corrected chi connectivity index (χ1v) is 7.79. The van der Waals surface area contributed by atoms with Crippen molar-refractivity contribution in [2.75, 3.05) is 0 Å². The van der Waals surface area contributed by atoms with Crippen LogP contribution in [-0.4, -0.2) is 4.98 Å². The van der Waals surface area contributed by atoms with Gasteiger partial charge in [0, 0.05) is 21.7 Å². The van der Waals surface area contributed by atoms with Crippen LogP contribution in [-0.2, 0) is 0 Å². The summed E-state index contributed by atoms with van der Waals surface area (Å²) in [5.74, 6) is -0.784. The van der Waals surface area contributed by atoms with Crippen LogP contribution in [0.3, 0.4) is 0 Å². The van der Waals surface area contributed by atoms with Gasteiger partial charge in [-0.15, -0.1) is 0 Å². The Labute approximate surface area is 138 Å². The van der Waals surface area contributed by atoms with Gasteiger partial charge >= 0.3 is 0 Å². The Hall–Kier alpha value is -2.81. The summed E-state index contributed by atoms with van der Waals surface area (Å²) in [6, 6.07) is 14.3. The standard InChI is InChI=1S/C21H15F2N/c1-12-8-13(2)10-14(9-12)21-17-7-6-15-16(4-3-5-18(15)22)20(17)19(23)11-24-21/h3-11H,1-2H3. The Bertz CT molecular complexity index is 1080. The summed E-state index contributed by atoms with van der Waals surface area (Å²) >= 11 is 0. The van der Waals surface area contributed by atoms with E-state index in [1.807, 2.05) is 26.0 Å². The number of benzene rings is 3. The number of hydrogen-bond donors (Lipinski definition) is 0. The van der Waals surface area contributed by atoms with Crippen LogP contribution in [0.1, 0.15) is 11.1 Å². The van der Waals surface area contributed by atoms with Crippen molar-refractivity contribution < 1.29 is 8.78 Å². The smallest absolute Gasteiger partial charge is 0.149 e. The van der Waals surface area contributed by atoms with Crippen LogP contribution in [0.15, 0.2) is 54.7 Å². The van der Waals surface area contributed by atoms with E-state index in [1.165, 1.54) is 12.3 Å². The summed E-state index contributed by atoms with van der Waals surface area (Å²) in [6.45, 7) is 4.04. The van der Waals surface area contributed by atoms with Gasteiger partial charge in [-0.1, -0.05) is 41.5 Å². The highest BCUT2D eigenvalue weighted by Gasteiger charge is 2.14. The van der Waals surface area contributed by atoms with E-state index in [4.69, 9.17) is 0 Å². The topological polar surface area (TPSA) is 12.9 Å². The number of pyridine rings is 1. The van der Waals surface area contributed by atoms with Crippen LogP contribution in [0.5, 0.6) is 0 Å². The van der Waals surface area contributed by atoms with Crippen molar-refractivity contribution in [2.24, 2.45) is 0 Å². The van der Waals surface area contributed by atoms with Gasteiger partial charge in [-0.05, 0) is 37.4 Å². The normalized spacial score (nSPS) is 11.3. The highest BCUT2D eigenvalue weighted by Crippen LogP contribution is 2.34. The first-order valence-electron chi connectivity index (χ1n) is 7.79. The zero-order valence-corrected chi connectivity index (χ0v) is 13.4. The number of fused-ring (bicyclic) bond motifs is 3. The van der Waals surface area contributed by atoms with Crippen molar-refractivity contribution in [3.8, 4) is 11.3 Å². The van der Waals surface area contributed by atoms with E-state index in [0.29, 0.717) is 27.2 Å². The molecule has 0 saturated heterocycles. The third-order valence-electron chi connectivity index (χ3n) is 4.30. The molecule has 0 unspecified atom stereocenters. The molecule has 3 heteroatoms. The van der Waals surface area contributed by atoms with Crippen molar-refractivity contribution in [3.05, 3.63) is 77.5 Å². The Kier molecular flexibility index (Phi) is 3.31. The van der Waals surface area contributed by atoms with E-state index in [1.54, 1.807) is 24.3 Å². The lowest BCUT2D eigenvalue weighted by Crippen LogP contribution is -1.93. The Balaban J connectivity index is 2.14. The molecule has 0 spiro atoms. The third-order valence-corrected chi connectivity index (χ3v) is 4.30. The minimum absolute atomic E-state index is 0.349. The summed E-state index contributed by atoms with van der Waals surface area (Å²) in [6.07, 6.45) is 1.22. The lowest BCUT2D eigenvalue weighted by atomic mass is 9.96. The molecule has 1 heterocycles. The van der Waals surface area contributed by atoms with E-state index < -0.39 is 5.82 Å². The van der Waals surface area contributed by atoms with Gasteiger partial charge < -0.3 is 0 Å². The third kappa shape index (κ3) is 2.24. The van der Waals surface area contributed by atoms with Crippen LogP contribution in [0.2, 0.25) is 0 Å². The van der Waals surface area contributed by atoms with E-state index in [9.17, 15) is 8.78 Å². The quantitative estimate of drug-likeness (QED) is 0.395. The second kappa shape index (κ2) is 5.38. The fourth-order valence-electron chi connectivity index (χ4n) is 3.37. The number of nitrogens with zero attached hydrogens (tertiary/aromatic N) is 1. The SMILES string of the molecule is Cc1cc(C)cc(-c2ncc(F)c3c2ccc2c(F)cccc23)c1. The Morgan fingerprint density at radius 2 is 1.46 bits per heavy atom. The van der Waals surface area contributed by atoms with Crippen LogP contribution in [0.25, 0.3) is 32.8 Å². The molecule has 0 radical (unpaired) electrons. The van der Waals surface area contributed by atoms with Gasteiger partial charge in [0.1, 0.15) is 11.6 Å². The molecule has 0 fully saturated rings. The molecule has 0 amide bonds. The molecule has 0 aliphatic rings. The molecule has 24 heavy (non-hydrogen) atoms. The number of aromatic nitrogens is 1. The van der Waals surface area contributed by atoms with Crippen molar-refractivity contribution in [1.29, 1.82) is 0 Å². The van der Waals surface area contributed by atoms with Gasteiger partial charge in [0.15, 0.2) is 0 Å². The van der Waals surface area contributed by atoms with Crippen LogP contribution in [0.4, 0.5) is 8.78 Å². The van der Waals surface area contributed by atoms with E-state index in [-0.39, 0.29) is 5.82 Å². The summed E-state index contributed by atoms with van der Waals surface area (Å²) in [7, 11) is 0. The van der Waals surface area contributed by atoms with Gasteiger partial charge in [0.2, 0.25) is 0 Å². The number of aryl methyl sites for hydroxylation is 2. The molecule has 1 nitrogen and oxygen atoms in total. The fourth-order valence-corrected chi connectivity index (χ4v) is 3.37. The zero-order chi connectivity index (χ0) is 16.8. The molecular formula is C21H15F2N. The first-order chi connectivity index (χ1) is 11.5. The molecule has 4 rings (SSSR count). The second-order valence-corrected chi connectivity index (χ2v) is 6.15. The molecule has 0 atom stereocenters. The van der Waals surface area contributed by atoms with Gasteiger partial charge in [0.05, 0.1) is 11.9 Å². The maximum Gasteiger partial charge on any atom is 0.149 e. The van der Waals surface area contributed by atoms with Gasteiger partial charge in [-0.3, -0.25) is 4.98 Å². The minimum atomic E-state index is -0.436. The zero-order valence-electron chi connectivity index (χ0n) is 13.4. The molecule has 4 aromatic rings.